The number of benzene rings is 1. The van der Waals surface area contributed by atoms with Crippen molar-refractivity contribution in [2.24, 2.45) is 0 Å². The van der Waals surface area contributed by atoms with Crippen LogP contribution in [0.5, 0.6) is 0 Å². The van der Waals surface area contributed by atoms with E-state index < -0.39 is 0 Å². The molecular formula is C19H22N2O2. The van der Waals surface area contributed by atoms with Crippen molar-refractivity contribution in [2.45, 2.75) is 33.7 Å². The zero-order chi connectivity index (χ0) is 16.4. The molecule has 0 bridgehead atoms. The maximum atomic E-state index is 13.0. The number of H-pyrrole nitrogens is 1. The number of furan rings is 1. The van der Waals surface area contributed by atoms with E-state index in [0.29, 0.717) is 18.8 Å². The van der Waals surface area contributed by atoms with Crippen molar-refractivity contribution in [3.63, 3.8) is 0 Å². The van der Waals surface area contributed by atoms with Crippen LogP contribution in [-0.4, -0.2) is 22.3 Å². The first-order valence-electron chi connectivity index (χ1n) is 8.00. The van der Waals surface area contributed by atoms with Crippen LogP contribution in [0.2, 0.25) is 0 Å². The number of carbonyl (C=O) groups excluding carboxylic acids is 1. The number of nitrogens with one attached hydrogen (secondary N) is 1. The van der Waals surface area contributed by atoms with Crippen molar-refractivity contribution in [1.82, 2.24) is 9.88 Å². The third-order valence-electron chi connectivity index (χ3n) is 4.14. The van der Waals surface area contributed by atoms with E-state index in [1.165, 1.54) is 5.56 Å². The highest BCUT2D eigenvalue weighted by molar-refractivity contribution is 6.01. The molecule has 0 saturated carbocycles. The fourth-order valence-corrected chi connectivity index (χ4v) is 2.93. The lowest BCUT2D eigenvalue weighted by molar-refractivity contribution is 0.0726. The molecule has 23 heavy (non-hydrogen) atoms. The van der Waals surface area contributed by atoms with E-state index in [4.69, 9.17) is 4.42 Å². The Kier molecular flexibility index (Phi) is 4.24. The molecule has 0 fully saturated rings. The number of aryl methyl sites for hydroxylation is 2. The van der Waals surface area contributed by atoms with Gasteiger partial charge >= 0.3 is 0 Å². The largest absolute Gasteiger partial charge is 0.467 e. The normalized spacial score (nSPS) is 11.1. The summed E-state index contributed by atoms with van der Waals surface area (Å²) in [7, 11) is 0. The van der Waals surface area contributed by atoms with Gasteiger partial charge in [-0.05, 0) is 50.1 Å². The van der Waals surface area contributed by atoms with Gasteiger partial charge in [-0.3, -0.25) is 4.79 Å². The minimum absolute atomic E-state index is 0.0228. The number of hydrogen-bond acceptors (Lipinski definition) is 2. The second-order valence-electron chi connectivity index (χ2n) is 5.98. The molecule has 1 N–H and O–H groups in total. The number of nitrogens with zero attached hydrogens (tertiary/aromatic N) is 1. The van der Waals surface area contributed by atoms with Crippen LogP contribution in [0.3, 0.4) is 0 Å². The summed E-state index contributed by atoms with van der Waals surface area (Å²) in [6.07, 6.45) is 2.55. The molecule has 3 rings (SSSR count). The van der Waals surface area contributed by atoms with Gasteiger partial charge in [0.05, 0.1) is 12.8 Å². The van der Waals surface area contributed by atoms with Gasteiger partial charge in [0.15, 0.2) is 0 Å². The highest BCUT2D eigenvalue weighted by Gasteiger charge is 2.21. The second-order valence-corrected chi connectivity index (χ2v) is 5.98. The van der Waals surface area contributed by atoms with E-state index >= 15 is 0 Å². The first-order chi connectivity index (χ1) is 11.1. The maximum Gasteiger partial charge on any atom is 0.270 e. The zero-order valence-corrected chi connectivity index (χ0v) is 13.8. The minimum atomic E-state index is 0.0228. The van der Waals surface area contributed by atoms with Crippen LogP contribution in [0.15, 0.2) is 41.0 Å². The number of amides is 1. The van der Waals surface area contributed by atoms with Crippen LogP contribution >= 0.6 is 0 Å². The topological polar surface area (TPSA) is 49.2 Å². The lowest BCUT2D eigenvalue weighted by Gasteiger charge is -2.20. The number of carbonyl (C=O) groups is 1. The number of aromatic amines is 1. The number of hydrogen-bond donors (Lipinski definition) is 1. The number of aromatic nitrogens is 1. The van der Waals surface area contributed by atoms with E-state index in [1.54, 1.807) is 6.26 Å². The molecule has 2 heterocycles. The van der Waals surface area contributed by atoms with Crippen LogP contribution in [-0.2, 0) is 6.54 Å². The summed E-state index contributed by atoms with van der Waals surface area (Å²) in [6.45, 7) is 7.33. The van der Waals surface area contributed by atoms with Gasteiger partial charge < -0.3 is 14.3 Å². The first-order valence-corrected chi connectivity index (χ1v) is 8.00. The molecule has 4 nitrogen and oxygen atoms in total. The summed E-state index contributed by atoms with van der Waals surface area (Å²) in [5, 5.41) is 1.11. The molecule has 0 atom stereocenters. The summed E-state index contributed by atoms with van der Waals surface area (Å²) in [6, 6.07) is 9.96. The third-order valence-corrected chi connectivity index (χ3v) is 4.14. The van der Waals surface area contributed by atoms with Crippen molar-refractivity contribution >= 4 is 16.8 Å². The highest BCUT2D eigenvalue weighted by Crippen LogP contribution is 2.24. The molecule has 120 valence electrons. The molecule has 0 saturated heterocycles. The molecular weight excluding hydrogens is 288 g/mol. The zero-order valence-electron chi connectivity index (χ0n) is 13.8. The average Bonchev–Trinajstić information content (AvgIpc) is 3.15. The Labute approximate surface area is 136 Å². The highest BCUT2D eigenvalue weighted by atomic mass is 16.3. The van der Waals surface area contributed by atoms with Crippen LogP contribution < -0.4 is 0 Å². The van der Waals surface area contributed by atoms with Crippen molar-refractivity contribution in [1.29, 1.82) is 0 Å². The van der Waals surface area contributed by atoms with Gasteiger partial charge in [-0.25, -0.2) is 0 Å². The fraction of sp³-hybridized carbons (Fsp3) is 0.316. The van der Waals surface area contributed by atoms with E-state index in [0.717, 1.165) is 28.6 Å². The monoisotopic (exact) mass is 310 g/mol. The average molecular weight is 310 g/mol. The Bertz CT molecular complexity index is 815. The predicted molar refractivity (Wildman–Crippen MR) is 91.5 cm³/mol. The lowest BCUT2D eigenvalue weighted by atomic mass is 10.1. The Morgan fingerprint density at radius 2 is 2.09 bits per heavy atom. The Morgan fingerprint density at radius 1 is 1.26 bits per heavy atom. The van der Waals surface area contributed by atoms with Crippen molar-refractivity contribution in [3.8, 4) is 0 Å². The van der Waals surface area contributed by atoms with E-state index in [9.17, 15) is 4.79 Å². The lowest BCUT2D eigenvalue weighted by Crippen LogP contribution is -2.31. The predicted octanol–water partition coefficient (Wildman–Crippen LogP) is 4.43. The molecule has 0 aliphatic rings. The van der Waals surface area contributed by atoms with E-state index in [-0.39, 0.29) is 5.91 Å². The van der Waals surface area contributed by atoms with Crippen LogP contribution in [0.25, 0.3) is 10.9 Å². The minimum Gasteiger partial charge on any atom is -0.467 e. The van der Waals surface area contributed by atoms with Crippen LogP contribution in [0.1, 0.15) is 40.7 Å². The van der Waals surface area contributed by atoms with Crippen molar-refractivity contribution < 1.29 is 9.21 Å². The molecule has 2 aromatic heterocycles. The molecule has 0 unspecified atom stereocenters. The van der Waals surface area contributed by atoms with Crippen LogP contribution in [0, 0.1) is 13.8 Å². The van der Waals surface area contributed by atoms with Gasteiger partial charge in [-0.2, -0.15) is 0 Å². The second kappa shape index (κ2) is 6.32. The molecule has 0 aliphatic carbocycles. The quantitative estimate of drug-likeness (QED) is 0.758. The van der Waals surface area contributed by atoms with Gasteiger partial charge in [-0.1, -0.05) is 18.6 Å². The summed E-state index contributed by atoms with van der Waals surface area (Å²) < 4.78 is 5.40. The van der Waals surface area contributed by atoms with Gasteiger partial charge in [0.1, 0.15) is 11.5 Å². The standard InChI is InChI=1S/C19H22N2O2/c1-4-9-21(12-15-6-5-10-23-15)19(22)18-14(3)16-11-13(2)7-8-17(16)20-18/h5-8,10-11,20H,4,9,12H2,1-3H3. The smallest absolute Gasteiger partial charge is 0.270 e. The summed E-state index contributed by atoms with van der Waals surface area (Å²) in [4.78, 5) is 18.1. The molecule has 1 aromatic carbocycles. The summed E-state index contributed by atoms with van der Waals surface area (Å²) in [5.74, 6) is 0.825. The summed E-state index contributed by atoms with van der Waals surface area (Å²) in [5.41, 5.74) is 3.88. The number of rotatable bonds is 5. The van der Waals surface area contributed by atoms with Crippen molar-refractivity contribution in [2.75, 3.05) is 6.54 Å². The van der Waals surface area contributed by atoms with Crippen LogP contribution in [0.4, 0.5) is 0 Å². The maximum absolute atomic E-state index is 13.0. The van der Waals surface area contributed by atoms with Gasteiger partial charge in [0.2, 0.25) is 0 Å². The Morgan fingerprint density at radius 3 is 2.78 bits per heavy atom. The fourth-order valence-electron chi connectivity index (χ4n) is 2.93. The van der Waals surface area contributed by atoms with E-state index in [1.807, 2.05) is 30.0 Å². The molecule has 4 heteroatoms. The Hall–Kier alpha value is -2.49. The molecule has 0 aliphatic heterocycles. The van der Waals surface area contributed by atoms with Crippen molar-refractivity contribution in [3.05, 3.63) is 59.2 Å². The van der Waals surface area contributed by atoms with Gasteiger partial charge in [0, 0.05) is 17.4 Å². The Balaban J connectivity index is 1.94. The molecule has 0 spiro atoms. The first kappa shape index (κ1) is 15.4. The summed E-state index contributed by atoms with van der Waals surface area (Å²) >= 11 is 0. The van der Waals surface area contributed by atoms with Gasteiger partial charge in [0.25, 0.3) is 5.91 Å². The van der Waals surface area contributed by atoms with Gasteiger partial charge in [-0.15, -0.1) is 0 Å². The SMILES string of the molecule is CCCN(Cc1ccco1)C(=O)c1[nH]c2ccc(C)cc2c1C. The molecule has 1 amide bonds. The molecule has 0 radical (unpaired) electrons. The third kappa shape index (κ3) is 3.02. The van der Waals surface area contributed by atoms with E-state index in [2.05, 4.69) is 31.0 Å². The number of fused-ring (bicyclic) bond motifs is 1. The molecule has 3 aromatic rings.